The molecule has 9 rings (SSSR count). The Labute approximate surface area is 381 Å². The summed E-state index contributed by atoms with van der Waals surface area (Å²) in [6.45, 7) is 23.8. The molecule has 0 spiro atoms. The summed E-state index contributed by atoms with van der Waals surface area (Å²) in [6.07, 6.45) is 13.4. The minimum absolute atomic E-state index is 0.0216. The molecule has 3 aliphatic carbocycles. The van der Waals surface area contributed by atoms with Crippen molar-refractivity contribution < 1.29 is 0 Å². The molecule has 326 valence electrons. The van der Waals surface area contributed by atoms with Gasteiger partial charge in [0, 0.05) is 22.5 Å². The number of fused-ring (bicyclic) bond motifs is 3. The highest BCUT2D eigenvalue weighted by molar-refractivity contribution is 5.88. The molecule has 63 heavy (non-hydrogen) atoms. The van der Waals surface area contributed by atoms with Crippen molar-refractivity contribution in [1.29, 1.82) is 0 Å². The van der Waals surface area contributed by atoms with Gasteiger partial charge in [-0.05, 0) is 164 Å². The lowest BCUT2D eigenvalue weighted by molar-refractivity contribution is 0.443. The summed E-state index contributed by atoms with van der Waals surface area (Å²) in [4.78, 5) is 2.52. The summed E-state index contributed by atoms with van der Waals surface area (Å²) in [5.41, 5.74) is 20.1. The lowest BCUT2D eigenvalue weighted by Crippen LogP contribution is -2.23. The molecule has 0 radical (unpaired) electrons. The molecule has 0 N–H and O–H groups in total. The van der Waals surface area contributed by atoms with Crippen molar-refractivity contribution in [3.63, 3.8) is 0 Å². The van der Waals surface area contributed by atoms with Gasteiger partial charge in [0.1, 0.15) is 0 Å². The first kappa shape index (κ1) is 43.4. The summed E-state index contributed by atoms with van der Waals surface area (Å²) in [6, 6.07) is 50.5. The van der Waals surface area contributed by atoms with Crippen LogP contribution in [0.4, 0.5) is 17.1 Å². The van der Waals surface area contributed by atoms with Gasteiger partial charge in [-0.15, -0.1) is 0 Å². The lowest BCUT2D eigenvalue weighted by Gasteiger charge is -2.34. The van der Waals surface area contributed by atoms with Gasteiger partial charge in [0.05, 0.1) is 0 Å². The van der Waals surface area contributed by atoms with E-state index in [1.54, 1.807) is 0 Å². The largest absolute Gasteiger partial charge is 0.310 e. The Kier molecular flexibility index (Phi) is 11.4. The van der Waals surface area contributed by atoms with Crippen molar-refractivity contribution in [3.8, 4) is 22.3 Å². The Morgan fingerprint density at radius 2 is 0.905 bits per heavy atom. The van der Waals surface area contributed by atoms with Gasteiger partial charge < -0.3 is 4.90 Å². The van der Waals surface area contributed by atoms with Gasteiger partial charge in [-0.25, -0.2) is 0 Å². The third-order valence-electron chi connectivity index (χ3n) is 15.4. The van der Waals surface area contributed by atoms with E-state index in [1.807, 2.05) is 0 Å². The topological polar surface area (TPSA) is 3.24 Å². The monoisotopic (exact) mass is 832 g/mol. The third kappa shape index (κ3) is 8.24. The molecule has 6 aromatic carbocycles. The SMILES string of the molecule is CC(C)(C)c1cc(C(C)(C)C)c(-c2ccc(N(c3ccc(C4CCCCC4)cc3)c3ccc4c(c3)C(C)(c3ccc(C5CCCCC5)cc3)c3ccccc3-4)cc2)c(C(C)(C)C)c1. The maximum Gasteiger partial charge on any atom is 0.0465 e. The predicted octanol–water partition coefficient (Wildman–Crippen LogP) is 18.1. The molecule has 0 aliphatic heterocycles. The van der Waals surface area contributed by atoms with E-state index in [0.717, 1.165) is 0 Å². The van der Waals surface area contributed by atoms with E-state index in [0.29, 0.717) is 11.8 Å². The molecule has 1 heteroatoms. The zero-order chi connectivity index (χ0) is 44.3. The van der Waals surface area contributed by atoms with Crippen LogP contribution in [0.15, 0.2) is 127 Å². The normalized spacial score (nSPS) is 18.6. The number of rotatable bonds is 7. The smallest absolute Gasteiger partial charge is 0.0465 e. The van der Waals surface area contributed by atoms with Gasteiger partial charge in [0.2, 0.25) is 0 Å². The molecular weight excluding hydrogens is 759 g/mol. The minimum Gasteiger partial charge on any atom is -0.310 e. The first-order chi connectivity index (χ1) is 30.0. The first-order valence-corrected chi connectivity index (χ1v) is 24.6. The molecule has 1 unspecified atom stereocenters. The van der Waals surface area contributed by atoms with E-state index in [9.17, 15) is 0 Å². The fraction of sp³-hybridized carbons (Fsp3) is 0.419. The molecule has 0 bridgehead atoms. The summed E-state index contributed by atoms with van der Waals surface area (Å²) in [5, 5.41) is 0. The van der Waals surface area contributed by atoms with E-state index in [4.69, 9.17) is 0 Å². The molecular formula is C62H73N. The summed E-state index contributed by atoms with van der Waals surface area (Å²) >= 11 is 0. The summed E-state index contributed by atoms with van der Waals surface area (Å²) in [5.74, 6) is 1.37. The van der Waals surface area contributed by atoms with Gasteiger partial charge in [0.15, 0.2) is 0 Å². The molecule has 6 aromatic rings. The van der Waals surface area contributed by atoms with E-state index >= 15 is 0 Å². The highest BCUT2D eigenvalue weighted by atomic mass is 15.1. The van der Waals surface area contributed by atoms with Crippen LogP contribution in [0.2, 0.25) is 0 Å². The quantitative estimate of drug-likeness (QED) is 0.155. The predicted molar refractivity (Wildman–Crippen MR) is 272 cm³/mol. The highest BCUT2D eigenvalue weighted by Crippen LogP contribution is 2.54. The first-order valence-electron chi connectivity index (χ1n) is 24.6. The Morgan fingerprint density at radius 1 is 0.444 bits per heavy atom. The average molecular weight is 832 g/mol. The van der Waals surface area contributed by atoms with Gasteiger partial charge in [-0.1, -0.05) is 192 Å². The van der Waals surface area contributed by atoms with Crippen molar-refractivity contribution in [2.24, 2.45) is 0 Å². The second-order valence-corrected chi connectivity index (χ2v) is 22.9. The van der Waals surface area contributed by atoms with E-state index in [2.05, 4.69) is 202 Å². The highest BCUT2D eigenvalue weighted by Gasteiger charge is 2.41. The average Bonchev–Trinajstić information content (AvgIpc) is 3.54. The van der Waals surface area contributed by atoms with Crippen LogP contribution < -0.4 is 4.90 Å². The van der Waals surface area contributed by atoms with Crippen LogP contribution in [-0.4, -0.2) is 0 Å². The van der Waals surface area contributed by atoms with Gasteiger partial charge >= 0.3 is 0 Å². The number of hydrogen-bond donors (Lipinski definition) is 0. The van der Waals surface area contributed by atoms with Gasteiger partial charge in [-0.2, -0.15) is 0 Å². The number of hydrogen-bond acceptors (Lipinski definition) is 1. The third-order valence-corrected chi connectivity index (χ3v) is 15.4. The lowest BCUT2D eigenvalue weighted by atomic mass is 9.71. The van der Waals surface area contributed by atoms with Crippen LogP contribution in [-0.2, 0) is 21.7 Å². The number of nitrogens with zero attached hydrogens (tertiary/aromatic N) is 1. The van der Waals surface area contributed by atoms with E-state index in [1.165, 1.54) is 148 Å². The van der Waals surface area contributed by atoms with Crippen molar-refractivity contribution >= 4 is 17.1 Å². The molecule has 0 amide bonds. The van der Waals surface area contributed by atoms with Crippen molar-refractivity contribution in [3.05, 3.63) is 172 Å². The Bertz CT molecular complexity index is 2520. The molecule has 2 saturated carbocycles. The van der Waals surface area contributed by atoms with Gasteiger partial charge in [-0.3, -0.25) is 0 Å². The number of benzene rings is 6. The van der Waals surface area contributed by atoms with Crippen molar-refractivity contribution in [2.75, 3.05) is 4.90 Å². The number of anilines is 3. The summed E-state index contributed by atoms with van der Waals surface area (Å²) < 4.78 is 0. The van der Waals surface area contributed by atoms with Crippen molar-refractivity contribution in [1.82, 2.24) is 0 Å². The Hall–Kier alpha value is -4.88. The fourth-order valence-corrected chi connectivity index (χ4v) is 11.6. The molecule has 0 heterocycles. The maximum absolute atomic E-state index is 2.52. The summed E-state index contributed by atoms with van der Waals surface area (Å²) in [7, 11) is 0. The standard InChI is InChI=1S/C62H73N/c1-59(2,3)48-39-56(60(4,5)6)58(57(40-48)61(7,8)9)46-29-35-50(36-30-46)63(49-33-27-45(28-34-49)43-21-15-12-16-22-43)51-37-38-53-52-23-17-18-24-54(52)62(10,55(53)41-51)47-31-25-44(26-32-47)42-19-13-11-14-20-42/h17-18,23-43H,11-16,19-22H2,1-10H3. The second-order valence-electron chi connectivity index (χ2n) is 22.9. The zero-order valence-corrected chi connectivity index (χ0v) is 40.3. The fourth-order valence-electron chi connectivity index (χ4n) is 11.6. The van der Waals surface area contributed by atoms with Crippen molar-refractivity contribution in [2.45, 2.75) is 167 Å². The molecule has 3 aliphatic rings. The molecule has 0 aromatic heterocycles. The van der Waals surface area contributed by atoms with Crippen LogP contribution in [0.5, 0.6) is 0 Å². The van der Waals surface area contributed by atoms with E-state index in [-0.39, 0.29) is 21.7 Å². The van der Waals surface area contributed by atoms with Crippen LogP contribution in [0.25, 0.3) is 22.3 Å². The van der Waals surface area contributed by atoms with E-state index < -0.39 is 0 Å². The van der Waals surface area contributed by atoms with Crippen LogP contribution in [0.1, 0.15) is 190 Å². The minimum atomic E-state index is -0.278. The Balaban J connectivity index is 1.18. The molecule has 1 nitrogen and oxygen atoms in total. The molecule has 2 fully saturated rings. The van der Waals surface area contributed by atoms with Crippen LogP contribution in [0.3, 0.4) is 0 Å². The van der Waals surface area contributed by atoms with Crippen LogP contribution in [0, 0.1) is 0 Å². The maximum atomic E-state index is 2.52. The Morgan fingerprint density at radius 3 is 1.41 bits per heavy atom. The van der Waals surface area contributed by atoms with Crippen LogP contribution >= 0.6 is 0 Å². The second kappa shape index (κ2) is 16.6. The van der Waals surface area contributed by atoms with Gasteiger partial charge in [0.25, 0.3) is 0 Å². The molecule has 1 atom stereocenters. The zero-order valence-electron chi connectivity index (χ0n) is 40.3. The molecule has 0 saturated heterocycles.